The number of hydrogen-bond acceptors (Lipinski definition) is 9. The second-order valence-corrected chi connectivity index (χ2v) is 14.8. The lowest BCUT2D eigenvalue weighted by Crippen LogP contribution is -2.59. The Morgan fingerprint density at radius 3 is 1.33 bits per heavy atom. The van der Waals surface area contributed by atoms with Gasteiger partial charge in [0.25, 0.3) is 0 Å². The quantitative estimate of drug-likeness (QED) is 0.0712. The minimum Gasteiger partial charge on any atom is -0.481 e. The molecule has 9 N–H and O–H groups in total. The first-order valence-corrected chi connectivity index (χ1v) is 17.3. The van der Waals surface area contributed by atoms with Gasteiger partial charge in [0.1, 0.15) is 18.1 Å². The number of rotatable bonds is 23. The first-order chi connectivity index (χ1) is 22.6. The van der Waals surface area contributed by atoms with Gasteiger partial charge in [0.05, 0.1) is 43.7 Å². The summed E-state index contributed by atoms with van der Waals surface area (Å²) in [6.45, 7) is 17.4. The third-order valence-electron chi connectivity index (χ3n) is 7.75. The summed E-state index contributed by atoms with van der Waals surface area (Å²) in [5.41, 5.74) is 0. The Labute approximate surface area is 291 Å². The maximum atomic E-state index is 13.5. The Kier molecular flexibility index (Phi) is 20.9. The molecule has 0 rings (SSSR count). The zero-order chi connectivity index (χ0) is 38.2. The van der Waals surface area contributed by atoms with E-state index in [0.717, 1.165) is 0 Å². The van der Waals surface area contributed by atoms with E-state index in [1.165, 1.54) is 0 Å². The highest BCUT2D eigenvalue weighted by Gasteiger charge is 2.34. The third kappa shape index (κ3) is 18.3. The van der Waals surface area contributed by atoms with Gasteiger partial charge in [0.2, 0.25) is 29.5 Å². The van der Waals surface area contributed by atoms with Gasteiger partial charge in [-0.25, -0.2) is 0 Å². The first kappa shape index (κ1) is 45.7. The maximum Gasteiger partial charge on any atom is 0.306 e. The molecule has 0 heterocycles. The smallest absolute Gasteiger partial charge is 0.306 e. The molecule has 0 saturated heterocycles. The zero-order valence-electron chi connectivity index (χ0n) is 30.9. The molecule has 49 heavy (non-hydrogen) atoms. The van der Waals surface area contributed by atoms with E-state index >= 15 is 0 Å². The molecule has 5 amide bonds. The summed E-state index contributed by atoms with van der Waals surface area (Å²) in [5, 5.41) is 53.4. The summed E-state index contributed by atoms with van der Waals surface area (Å²) in [5.74, 6) is -4.89. The maximum absolute atomic E-state index is 13.5. The monoisotopic (exact) mass is 701 g/mol. The molecule has 0 saturated carbocycles. The largest absolute Gasteiger partial charge is 0.481 e. The van der Waals surface area contributed by atoms with E-state index in [2.05, 4.69) is 26.6 Å². The standard InChI is InChI=1S/C34H63N5O10/c1-17(2)11-22(37-33(48)31(21(9)10)39-34(49)30(20(7)8)38-27(43)13-19(5)6)25(41)14-28(44)35-24(16-40)32(47)36-23(12-18(3)4)26(42)15-29(45)46/h17-26,30-31,40-42H,11-16H2,1-10H3,(H,35,44)(H,36,47)(H,37,48)(H,38,43)(H,39,49)(H,45,46)/t22-,23-,24-,25-,26-,30-,31-/m0/s1. The van der Waals surface area contributed by atoms with E-state index < -0.39 is 91.5 Å². The van der Waals surface area contributed by atoms with E-state index in [0.29, 0.717) is 0 Å². The predicted molar refractivity (Wildman–Crippen MR) is 184 cm³/mol. The summed E-state index contributed by atoms with van der Waals surface area (Å²) < 4.78 is 0. The Morgan fingerprint density at radius 2 is 0.918 bits per heavy atom. The molecule has 0 aliphatic heterocycles. The van der Waals surface area contributed by atoms with Crippen molar-refractivity contribution >= 4 is 35.5 Å². The van der Waals surface area contributed by atoms with Crippen LogP contribution in [0.2, 0.25) is 0 Å². The third-order valence-corrected chi connectivity index (χ3v) is 7.75. The van der Waals surface area contributed by atoms with Gasteiger partial charge >= 0.3 is 5.97 Å². The van der Waals surface area contributed by atoms with Crippen LogP contribution in [0.3, 0.4) is 0 Å². The van der Waals surface area contributed by atoms with Crippen LogP contribution in [0.5, 0.6) is 0 Å². The molecule has 0 radical (unpaired) electrons. The van der Waals surface area contributed by atoms with Crippen LogP contribution in [0.25, 0.3) is 0 Å². The average molecular weight is 702 g/mol. The number of aliphatic carboxylic acids is 1. The molecule has 0 spiro atoms. The number of carbonyl (C=O) groups is 6. The second-order valence-electron chi connectivity index (χ2n) is 14.8. The van der Waals surface area contributed by atoms with Gasteiger partial charge in [-0.2, -0.15) is 0 Å². The Hall–Kier alpha value is -3.30. The van der Waals surface area contributed by atoms with Gasteiger partial charge in [-0.05, 0) is 42.4 Å². The molecule has 0 aromatic carbocycles. The highest BCUT2D eigenvalue weighted by molar-refractivity contribution is 5.92. The van der Waals surface area contributed by atoms with E-state index in [1.54, 1.807) is 27.7 Å². The number of carboxylic acid groups (broad SMARTS) is 1. The molecule has 7 atom stereocenters. The number of carboxylic acids is 1. The summed E-state index contributed by atoms with van der Waals surface area (Å²) >= 11 is 0. The second kappa shape index (κ2) is 22.4. The van der Waals surface area contributed by atoms with Crippen molar-refractivity contribution < 1.29 is 49.2 Å². The SMILES string of the molecule is CC(C)CC(=O)N[C@H](C(=O)N[C@H](C(=O)N[C@@H](CC(C)C)[C@@H](O)CC(=O)N[C@@H](CO)C(=O)N[C@@H](CC(C)C)[C@@H](O)CC(=O)O)C(C)C)C(C)C. The van der Waals surface area contributed by atoms with Crippen molar-refractivity contribution in [3.05, 3.63) is 0 Å². The van der Waals surface area contributed by atoms with Gasteiger partial charge in [-0.15, -0.1) is 0 Å². The van der Waals surface area contributed by atoms with Crippen LogP contribution in [0.4, 0.5) is 0 Å². The number of aliphatic hydroxyl groups excluding tert-OH is 3. The summed E-state index contributed by atoms with van der Waals surface area (Å²) in [4.78, 5) is 76.1. The first-order valence-electron chi connectivity index (χ1n) is 17.3. The summed E-state index contributed by atoms with van der Waals surface area (Å²) in [6.07, 6.45) is -3.23. The van der Waals surface area contributed by atoms with Gasteiger partial charge in [0, 0.05) is 6.42 Å². The van der Waals surface area contributed by atoms with Crippen LogP contribution in [0.1, 0.15) is 101 Å². The predicted octanol–water partition coefficient (Wildman–Crippen LogP) is 0.440. The Morgan fingerprint density at radius 1 is 0.510 bits per heavy atom. The zero-order valence-corrected chi connectivity index (χ0v) is 30.9. The molecule has 0 aromatic rings. The number of hydrogen-bond donors (Lipinski definition) is 9. The lowest BCUT2D eigenvalue weighted by atomic mass is 9.95. The van der Waals surface area contributed by atoms with Crippen LogP contribution in [-0.2, 0) is 28.8 Å². The fraction of sp³-hybridized carbons (Fsp3) is 0.824. The molecule has 284 valence electrons. The summed E-state index contributed by atoms with van der Waals surface area (Å²) in [7, 11) is 0. The van der Waals surface area contributed by atoms with Crippen LogP contribution >= 0.6 is 0 Å². The van der Waals surface area contributed by atoms with Crippen molar-refractivity contribution in [3.63, 3.8) is 0 Å². The molecular formula is C34H63N5O10. The fourth-order valence-electron chi connectivity index (χ4n) is 5.21. The van der Waals surface area contributed by atoms with Gasteiger partial charge in [0.15, 0.2) is 0 Å². The van der Waals surface area contributed by atoms with E-state index in [1.807, 2.05) is 41.5 Å². The number of carbonyl (C=O) groups excluding carboxylic acids is 5. The van der Waals surface area contributed by atoms with Crippen molar-refractivity contribution in [1.29, 1.82) is 0 Å². The van der Waals surface area contributed by atoms with Gasteiger partial charge in [-0.1, -0.05) is 69.2 Å². The minimum atomic E-state index is -1.46. The topological polar surface area (TPSA) is 243 Å². The Balaban J connectivity index is 5.72. The number of aliphatic hydroxyl groups is 3. The lowest BCUT2D eigenvalue weighted by Gasteiger charge is -2.31. The molecule has 0 fully saturated rings. The van der Waals surface area contributed by atoms with E-state index in [9.17, 15) is 44.1 Å². The van der Waals surface area contributed by atoms with Crippen LogP contribution in [0, 0.1) is 29.6 Å². The molecule has 0 unspecified atom stereocenters. The molecular weight excluding hydrogens is 638 g/mol. The number of amides is 5. The molecule has 15 nitrogen and oxygen atoms in total. The normalized spacial score (nSPS) is 16.0. The molecule has 0 aliphatic carbocycles. The molecule has 0 aromatic heterocycles. The molecule has 15 heteroatoms. The van der Waals surface area contributed by atoms with Crippen molar-refractivity contribution in [2.75, 3.05) is 6.61 Å². The van der Waals surface area contributed by atoms with Crippen molar-refractivity contribution in [1.82, 2.24) is 26.6 Å². The lowest BCUT2D eigenvalue weighted by molar-refractivity contribution is -0.140. The minimum absolute atomic E-state index is 0.0185. The average Bonchev–Trinajstić information content (AvgIpc) is 2.94. The molecule has 0 bridgehead atoms. The Bertz CT molecular complexity index is 1080. The van der Waals surface area contributed by atoms with E-state index in [4.69, 9.17) is 5.11 Å². The number of nitrogens with one attached hydrogen (secondary N) is 5. The van der Waals surface area contributed by atoms with Crippen LogP contribution in [0.15, 0.2) is 0 Å². The highest BCUT2D eigenvalue weighted by atomic mass is 16.4. The van der Waals surface area contributed by atoms with Gasteiger partial charge in [-0.3, -0.25) is 28.8 Å². The highest BCUT2D eigenvalue weighted by Crippen LogP contribution is 2.15. The van der Waals surface area contributed by atoms with Gasteiger partial charge < -0.3 is 47.0 Å². The van der Waals surface area contributed by atoms with Crippen LogP contribution < -0.4 is 26.6 Å². The van der Waals surface area contributed by atoms with Crippen molar-refractivity contribution in [3.8, 4) is 0 Å². The molecule has 0 aliphatic rings. The summed E-state index contributed by atoms with van der Waals surface area (Å²) in [6, 6.07) is -5.23. The van der Waals surface area contributed by atoms with E-state index in [-0.39, 0.29) is 54.8 Å². The van der Waals surface area contributed by atoms with Crippen molar-refractivity contribution in [2.45, 2.75) is 144 Å². The fourth-order valence-corrected chi connectivity index (χ4v) is 5.21. The van der Waals surface area contributed by atoms with Crippen LogP contribution in [-0.4, -0.2) is 105 Å². The van der Waals surface area contributed by atoms with Crippen molar-refractivity contribution in [2.24, 2.45) is 29.6 Å².